The van der Waals surface area contributed by atoms with Crippen LogP contribution in [0.2, 0.25) is 0 Å². The third-order valence-electron chi connectivity index (χ3n) is 2.30. The van der Waals surface area contributed by atoms with Gasteiger partial charge in [0.25, 0.3) is 0 Å². The Balaban J connectivity index is 1.84. The number of nitrogens with zero attached hydrogens (tertiary/aromatic N) is 2. The van der Waals surface area contributed by atoms with Crippen molar-refractivity contribution in [2.75, 3.05) is 0 Å². The maximum Gasteiger partial charge on any atom is 0.121 e. The molecule has 2 rings (SSSR count). The Bertz CT molecular complexity index is 451. The van der Waals surface area contributed by atoms with Crippen LogP contribution in [0.1, 0.15) is 17.0 Å². The van der Waals surface area contributed by atoms with Crippen molar-refractivity contribution in [3.63, 3.8) is 0 Å². The van der Waals surface area contributed by atoms with Gasteiger partial charge in [0.15, 0.2) is 0 Å². The zero-order valence-corrected chi connectivity index (χ0v) is 8.97. The van der Waals surface area contributed by atoms with Gasteiger partial charge in [-0.3, -0.25) is 0 Å². The highest BCUT2D eigenvalue weighted by atomic mass is 16.6. The van der Waals surface area contributed by atoms with Crippen molar-refractivity contribution >= 4 is 0 Å². The first-order chi connectivity index (χ1) is 7.75. The minimum Gasteiger partial charge on any atom is -0.508 e. The summed E-state index contributed by atoms with van der Waals surface area (Å²) in [6.07, 6.45) is 0. The van der Waals surface area contributed by atoms with Gasteiger partial charge in [0.1, 0.15) is 17.1 Å². The first kappa shape index (κ1) is 10.6. The predicted molar refractivity (Wildman–Crippen MR) is 57.7 cm³/mol. The fourth-order valence-corrected chi connectivity index (χ4v) is 1.35. The van der Waals surface area contributed by atoms with Crippen LogP contribution in [0.4, 0.5) is 0 Å². The quantitative estimate of drug-likeness (QED) is 0.812. The van der Waals surface area contributed by atoms with Gasteiger partial charge in [0.2, 0.25) is 0 Å². The number of phenolic OH excluding ortho intramolecular Hbond substituents is 1. The van der Waals surface area contributed by atoms with Crippen LogP contribution in [0.15, 0.2) is 28.9 Å². The van der Waals surface area contributed by atoms with Crippen molar-refractivity contribution in [1.82, 2.24) is 15.6 Å². The second-order valence-electron chi connectivity index (χ2n) is 3.57. The predicted octanol–water partition coefficient (Wildman–Crippen LogP) is 1.37. The van der Waals surface area contributed by atoms with Gasteiger partial charge in [-0.2, -0.15) is 0 Å². The zero-order valence-electron chi connectivity index (χ0n) is 8.97. The molecule has 0 amide bonds. The molecule has 1 heterocycles. The summed E-state index contributed by atoms with van der Waals surface area (Å²) in [6, 6.07) is 7.08. The highest BCUT2D eigenvalue weighted by molar-refractivity contribution is 5.25. The summed E-state index contributed by atoms with van der Waals surface area (Å²) in [6.45, 7) is 3.19. The van der Waals surface area contributed by atoms with Crippen molar-refractivity contribution in [2.45, 2.75) is 20.0 Å². The Labute approximate surface area is 93.1 Å². The van der Waals surface area contributed by atoms with Gasteiger partial charge in [-0.25, -0.2) is 4.63 Å². The van der Waals surface area contributed by atoms with Crippen LogP contribution in [0.25, 0.3) is 0 Å². The Kier molecular flexibility index (Phi) is 3.16. The minimum atomic E-state index is 0.278. The summed E-state index contributed by atoms with van der Waals surface area (Å²) < 4.78 is 4.59. The lowest BCUT2D eigenvalue weighted by atomic mass is 10.2. The average Bonchev–Trinajstić information content (AvgIpc) is 2.68. The molecule has 1 aromatic carbocycles. The molecule has 16 heavy (non-hydrogen) atoms. The molecule has 0 bridgehead atoms. The number of aryl methyl sites for hydroxylation is 1. The van der Waals surface area contributed by atoms with Crippen LogP contribution in [-0.2, 0) is 13.1 Å². The molecule has 2 aromatic rings. The second kappa shape index (κ2) is 4.76. The molecule has 0 aliphatic heterocycles. The molecule has 5 nitrogen and oxygen atoms in total. The number of aromatic hydroxyl groups is 1. The number of nitrogens with one attached hydrogen (secondary N) is 1. The third-order valence-corrected chi connectivity index (χ3v) is 2.30. The Morgan fingerprint density at radius 3 is 2.56 bits per heavy atom. The first-order valence-corrected chi connectivity index (χ1v) is 5.02. The molecule has 1 aromatic heterocycles. The standard InChI is InChI=1S/C11H13N3O2/c1-8-11(14-16-13-8)7-12-6-9-2-4-10(15)5-3-9/h2-5,12,15H,6-7H2,1H3. The smallest absolute Gasteiger partial charge is 0.121 e. The summed E-state index contributed by atoms with van der Waals surface area (Å²) >= 11 is 0. The van der Waals surface area contributed by atoms with Gasteiger partial charge >= 0.3 is 0 Å². The van der Waals surface area contributed by atoms with Crippen LogP contribution in [0.3, 0.4) is 0 Å². The number of benzene rings is 1. The molecule has 0 radical (unpaired) electrons. The van der Waals surface area contributed by atoms with Gasteiger partial charge in [-0.05, 0) is 24.6 Å². The maximum absolute atomic E-state index is 9.12. The largest absolute Gasteiger partial charge is 0.508 e. The molecule has 0 spiro atoms. The molecule has 0 fully saturated rings. The van der Waals surface area contributed by atoms with E-state index in [-0.39, 0.29) is 5.75 Å². The lowest BCUT2D eigenvalue weighted by Crippen LogP contribution is -2.13. The highest BCUT2D eigenvalue weighted by Gasteiger charge is 2.03. The van der Waals surface area contributed by atoms with Crippen LogP contribution in [0, 0.1) is 6.92 Å². The van der Waals surface area contributed by atoms with E-state index in [0.29, 0.717) is 13.1 Å². The summed E-state index contributed by atoms with van der Waals surface area (Å²) in [5.41, 5.74) is 2.73. The number of hydrogen-bond acceptors (Lipinski definition) is 5. The monoisotopic (exact) mass is 219 g/mol. The van der Waals surface area contributed by atoms with Gasteiger partial charge < -0.3 is 10.4 Å². The molecular formula is C11H13N3O2. The molecule has 0 saturated carbocycles. The third kappa shape index (κ3) is 2.58. The second-order valence-corrected chi connectivity index (χ2v) is 3.57. The summed E-state index contributed by atoms with van der Waals surface area (Å²) in [4.78, 5) is 0. The van der Waals surface area contributed by atoms with Gasteiger partial charge in [-0.1, -0.05) is 22.4 Å². The van der Waals surface area contributed by atoms with Crippen molar-refractivity contribution in [3.8, 4) is 5.75 Å². The molecule has 5 heteroatoms. The van der Waals surface area contributed by atoms with Gasteiger partial charge in [0.05, 0.1) is 0 Å². The normalized spacial score (nSPS) is 10.6. The summed E-state index contributed by atoms with van der Waals surface area (Å²) in [7, 11) is 0. The molecular weight excluding hydrogens is 206 g/mol. The molecule has 0 unspecified atom stereocenters. The van der Waals surface area contributed by atoms with Gasteiger partial charge in [0, 0.05) is 13.1 Å². The lowest BCUT2D eigenvalue weighted by Gasteiger charge is -2.02. The summed E-state index contributed by atoms with van der Waals surface area (Å²) in [5, 5.41) is 19.8. The van der Waals surface area contributed by atoms with Gasteiger partial charge in [-0.15, -0.1) is 0 Å². The Morgan fingerprint density at radius 2 is 1.94 bits per heavy atom. The number of phenols is 1. The zero-order chi connectivity index (χ0) is 11.4. The molecule has 2 N–H and O–H groups in total. The number of aromatic nitrogens is 2. The van der Waals surface area contributed by atoms with Crippen molar-refractivity contribution in [2.24, 2.45) is 0 Å². The fourth-order valence-electron chi connectivity index (χ4n) is 1.35. The molecule has 84 valence electrons. The lowest BCUT2D eigenvalue weighted by molar-refractivity contribution is 0.300. The highest BCUT2D eigenvalue weighted by Crippen LogP contribution is 2.09. The molecule has 0 aliphatic rings. The Morgan fingerprint density at radius 1 is 1.19 bits per heavy atom. The van der Waals surface area contributed by atoms with E-state index in [2.05, 4.69) is 20.3 Å². The summed E-state index contributed by atoms with van der Waals surface area (Å²) in [5.74, 6) is 0.278. The Hall–Kier alpha value is -1.88. The van der Waals surface area contributed by atoms with Crippen molar-refractivity contribution < 1.29 is 9.74 Å². The van der Waals surface area contributed by atoms with E-state index in [1.165, 1.54) is 0 Å². The average molecular weight is 219 g/mol. The van der Waals surface area contributed by atoms with E-state index in [4.69, 9.17) is 5.11 Å². The molecule has 0 aliphatic carbocycles. The first-order valence-electron chi connectivity index (χ1n) is 5.02. The van der Waals surface area contributed by atoms with E-state index < -0.39 is 0 Å². The minimum absolute atomic E-state index is 0.278. The fraction of sp³-hybridized carbons (Fsp3) is 0.273. The molecule has 0 atom stereocenters. The van der Waals surface area contributed by atoms with Crippen LogP contribution in [0.5, 0.6) is 5.75 Å². The topological polar surface area (TPSA) is 71.2 Å². The van der Waals surface area contributed by atoms with E-state index in [1.807, 2.05) is 19.1 Å². The number of hydrogen-bond donors (Lipinski definition) is 2. The van der Waals surface area contributed by atoms with E-state index >= 15 is 0 Å². The number of rotatable bonds is 4. The van der Waals surface area contributed by atoms with E-state index in [9.17, 15) is 0 Å². The SMILES string of the molecule is Cc1nonc1CNCc1ccc(O)cc1. The maximum atomic E-state index is 9.12. The van der Waals surface area contributed by atoms with Crippen molar-refractivity contribution in [1.29, 1.82) is 0 Å². The molecule has 0 saturated heterocycles. The van der Waals surface area contributed by atoms with Crippen LogP contribution < -0.4 is 5.32 Å². The van der Waals surface area contributed by atoms with E-state index in [1.54, 1.807) is 12.1 Å². The van der Waals surface area contributed by atoms with Crippen molar-refractivity contribution in [3.05, 3.63) is 41.2 Å². The van der Waals surface area contributed by atoms with Crippen LogP contribution >= 0.6 is 0 Å². The van der Waals surface area contributed by atoms with Crippen LogP contribution in [-0.4, -0.2) is 15.4 Å². The van der Waals surface area contributed by atoms with E-state index in [0.717, 1.165) is 17.0 Å².